The van der Waals surface area contributed by atoms with Crippen LogP contribution in [0, 0.1) is 0 Å². The Morgan fingerprint density at radius 2 is 1.16 bits per heavy atom. The Hall–Kier alpha value is -0.960. The van der Waals surface area contributed by atoms with Crippen molar-refractivity contribution in [2.45, 2.75) is 27.7 Å². The molecule has 0 atom stereocenters. The Bertz CT molecular complexity index is 253. The van der Waals surface area contributed by atoms with Crippen LogP contribution in [0.4, 0.5) is 0 Å². The van der Waals surface area contributed by atoms with Gasteiger partial charge < -0.3 is 12.4 Å². The molecule has 0 saturated heterocycles. The standard InChI is InChI=1S/C15H30N3.ClH/c1-7-13-18(14-8-2)15(16(9-3)10-4)17(11-5)12-6;/h7-8H,1-2,9-14H2,3-6H3;1H/q+1;/p-1. The molecule has 4 heteroatoms. The fraction of sp³-hybridized carbons (Fsp3) is 0.667. The first-order valence-corrected chi connectivity index (χ1v) is 7.03. The molecule has 0 aliphatic rings. The minimum absolute atomic E-state index is 0. The van der Waals surface area contributed by atoms with Crippen molar-refractivity contribution < 1.29 is 17.0 Å². The maximum Gasteiger partial charge on any atom is 0.350 e. The minimum atomic E-state index is 0. The quantitative estimate of drug-likeness (QED) is 0.256. The maximum absolute atomic E-state index is 3.86. The van der Waals surface area contributed by atoms with Gasteiger partial charge in [-0.15, -0.1) is 0 Å². The van der Waals surface area contributed by atoms with Crippen LogP contribution in [0.1, 0.15) is 27.7 Å². The van der Waals surface area contributed by atoms with Crippen LogP contribution in [-0.4, -0.2) is 59.6 Å². The average Bonchev–Trinajstić information content (AvgIpc) is 2.39. The molecule has 0 bridgehead atoms. The van der Waals surface area contributed by atoms with Gasteiger partial charge in [0.1, 0.15) is 0 Å². The number of nitrogens with zero attached hydrogens (tertiary/aromatic N) is 3. The van der Waals surface area contributed by atoms with Crippen molar-refractivity contribution in [1.82, 2.24) is 9.80 Å². The first kappa shape index (κ1) is 20.4. The monoisotopic (exact) mass is 287 g/mol. The Morgan fingerprint density at radius 3 is 1.37 bits per heavy atom. The van der Waals surface area contributed by atoms with Gasteiger partial charge in [-0.2, -0.15) is 0 Å². The number of hydrogen-bond donors (Lipinski definition) is 0. The number of hydrogen-bond acceptors (Lipinski definition) is 0. The van der Waals surface area contributed by atoms with Gasteiger partial charge in [0.2, 0.25) is 0 Å². The zero-order valence-corrected chi connectivity index (χ0v) is 13.8. The summed E-state index contributed by atoms with van der Waals surface area (Å²) >= 11 is 0. The molecule has 0 amide bonds. The lowest BCUT2D eigenvalue weighted by Gasteiger charge is -2.27. The van der Waals surface area contributed by atoms with Crippen LogP contribution >= 0.6 is 0 Å². The first-order chi connectivity index (χ1) is 8.69. The molecule has 0 aliphatic carbocycles. The van der Waals surface area contributed by atoms with E-state index in [1.54, 1.807) is 0 Å². The summed E-state index contributed by atoms with van der Waals surface area (Å²) < 4.78 is 2.33. The summed E-state index contributed by atoms with van der Waals surface area (Å²) in [5, 5.41) is 0. The van der Waals surface area contributed by atoms with Crippen LogP contribution < -0.4 is 12.4 Å². The van der Waals surface area contributed by atoms with E-state index in [0.29, 0.717) is 0 Å². The topological polar surface area (TPSA) is 9.49 Å². The van der Waals surface area contributed by atoms with E-state index in [1.165, 1.54) is 5.96 Å². The van der Waals surface area contributed by atoms with E-state index in [4.69, 9.17) is 0 Å². The molecule has 0 aliphatic heterocycles. The molecule has 3 nitrogen and oxygen atoms in total. The molecule has 112 valence electrons. The van der Waals surface area contributed by atoms with Crippen LogP contribution in [0.2, 0.25) is 0 Å². The van der Waals surface area contributed by atoms with E-state index < -0.39 is 0 Å². The molecular formula is C15H30ClN3. The van der Waals surface area contributed by atoms with E-state index in [1.807, 2.05) is 12.2 Å². The van der Waals surface area contributed by atoms with Crippen molar-refractivity contribution in [3.05, 3.63) is 25.3 Å². The van der Waals surface area contributed by atoms with E-state index in [0.717, 1.165) is 39.3 Å². The lowest BCUT2D eigenvalue weighted by Crippen LogP contribution is -3.00. The zero-order valence-electron chi connectivity index (χ0n) is 13.0. The Labute approximate surface area is 125 Å². The molecular weight excluding hydrogens is 258 g/mol. The molecule has 0 spiro atoms. The second kappa shape index (κ2) is 12.1. The van der Waals surface area contributed by atoms with Crippen LogP contribution in [0.25, 0.3) is 0 Å². The SMILES string of the molecule is C=CC[N+](CC=C)=C(N(CC)CC)N(CC)CC.[Cl-]. The second-order valence-corrected chi connectivity index (χ2v) is 4.13. The van der Waals surface area contributed by atoms with Gasteiger partial charge in [0, 0.05) is 0 Å². The molecule has 0 unspecified atom stereocenters. The van der Waals surface area contributed by atoms with E-state index in [-0.39, 0.29) is 12.4 Å². The minimum Gasteiger partial charge on any atom is -1.00 e. The highest BCUT2D eigenvalue weighted by atomic mass is 35.5. The van der Waals surface area contributed by atoms with Crippen molar-refractivity contribution >= 4 is 5.96 Å². The van der Waals surface area contributed by atoms with Crippen molar-refractivity contribution in [3.8, 4) is 0 Å². The van der Waals surface area contributed by atoms with Gasteiger partial charge >= 0.3 is 5.96 Å². The fourth-order valence-corrected chi connectivity index (χ4v) is 2.16. The number of rotatable bonds is 8. The summed E-state index contributed by atoms with van der Waals surface area (Å²) in [7, 11) is 0. The second-order valence-electron chi connectivity index (χ2n) is 4.13. The molecule has 0 aromatic carbocycles. The van der Waals surface area contributed by atoms with Crippen molar-refractivity contribution in [1.29, 1.82) is 0 Å². The van der Waals surface area contributed by atoms with E-state index in [2.05, 4.69) is 55.2 Å². The summed E-state index contributed by atoms with van der Waals surface area (Å²) in [6.07, 6.45) is 3.91. The summed E-state index contributed by atoms with van der Waals surface area (Å²) in [6, 6.07) is 0. The van der Waals surface area contributed by atoms with Gasteiger partial charge in [-0.1, -0.05) is 25.3 Å². The van der Waals surface area contributed by atoms with Gasteiger partial charge in [-0.3, -0.25) is 14.4 Å². The van der Waals surface area contributed by atoms with Crippen LogP contribution in [-0.2, 0) is 0 Å². The summed E-state index contributed by atoms with van der Waals surface area (Å²) in [5.74, 6) is 1.30. The predicted molar refractivity (Wildman–Crippen MR) is 81.2 cm³/mol. The lowest BCUT2D eigenvalue weighted by molar-refractivity contribution is -0.518. The van der Waals surface area contributed by atoms with Gasteiger partial charge in [0.25, 0.3) is 0 Å². The van der Waals surface area contributed by atoms with Crippen molar-refractivity contribution in [3.63, 3.8) is 0 Å². The predicted octanol–water partition coefficient (Wildman–Crippen LogP) is -0.585. The third-order valence-electron chi connectivity index (χ3n) is 3.07. The summed E-state index contributed by atoms with van der Waals surface area (Å²) in [6.45, 7) is 22.3. The smallest absolute Gasteiger partial charge is 0.350 e. The number of halogens is 1. The zero-order chi connectivity index (χ0) is 14.0. The highest BCUT2D eigenvalue weighted by Gasteiger charge is 2.24. The summed E-state index contributed by atoms with van der Waals surface area (Å²) in [5.41, 5.74) is 0. The molecule has 0 N–H and O–H groups in total. The van der Waals surface area contributed by atoms with Gasteiger partial charge in [0.05, 0.1) is 39.3 Å². The molecule has 0 aromatic rings. The Morgan fingerprint density at radius 1 is 0.842 bits per heavy atom. The molecule has 0 saturated carbocycles. The maximum atomic E-state index is 3.86. The van der Waals surface area contributed by atoms with Crippen LogP contribution in [0.3, 0.4) is 0 Å². The molecule has 0 radical (unpaired) electrons. The molecule has 0 aromatic heterocycles. The fourth-order valence-electron chi connectivity index (χ4n) is 2.16. The lowest BCUT2D eigenvalue weighted by atomic mass is 10.4. The van der Waals surface area contributed by atoms with Gasteiger partial charge in [-0.25, -0.2) is 0 Å². The van der Waals surface area contributed by atoms with Crippen LogP contribution in [0.15, 0.2) is 25.3 Å². The van der Waals surface area contributed by atoms with E-state index >= 15 is 0 Å². The first-order valence-electron chi connectivity index (χ1n) is 7.03. The Balaban J connectivity index is 0. The van der Waals surface area contributed by atoms with Gasteiger partial charge in [-0.05, 0) is 27.7 Å². The largest absolute Gasteiger partial charge is 1.00 e. The molecule has 19 heavy (non-hydrogen) atoms. The molecule has 0 fully saturated rings. The van der Waals surface area contributed by atoms with E-state index in [9.17, 15) is 0 Å². The third-order valence-corrected chi connectivity index (χ3v) is 3.07. The molecule has 0 rings (SSSR count). The van der Waals surface area contributed by atoms with Crippen LogP contribution in [0.5, 0.6) is 0 Å². The number of guanidine groups is 1. The Kier molecular flexibility index (Phi) is 13.0. The summed E-state index contributed by atoms with van der Waals surface area (Å²) in [4.78, 5) is 4.81. The highest BCUT2D eigenvalue weighted by Crippen LogP contribution is 2.01. The molecule has 0 heterocycles. The van der Waals surface area contributed by atoms with Crippen molar-refractivity contribution in [2.75, 3.05) is 39.3 Å². The van der Waals surface area contributed by atoms with Crippen molar-refractivity contribution in [2.24, 2.45) is 0 Å². The normalized spacial score (nSPS) is 9.26. The highest BCUT2D eigenvalue weighted by molar-refractivity contribution is 5.75. The average molecular weight is 288 g/mol. The third kappa shape index (κ3) is 6.15. The van der Waals surface area contributed by atoms with Gasteiger partial charge in [0.15, 0.2) is 0 Å².